The van der Waals surface area contributed by atoms with Gasteiger partial charge in [-0.1, -0.05) is 41.5 Å². The molecule has 2 unspecified atom stereocenters. The molecule has 1 saturated carbocycles. The Kier molecular flexibility index (Phi) is 4.72. The molecule has 1 heterocycles. The molecule has 1 aromatic rings. The third-order valence-electron chi connectivity index (χ3n) is 4.50. The van der Waals surface area contributed by atoms with Gasteiger partial charge in [-0.25, -0.2) is 13.1 Å². The lowest BCUT2D eigenvalue weighted by atomic mass is 9.71. The zero-order valence-electron chi connectivity index (χ0n) is 15.5. The Balaban J connectivity index is 2.30. The molecular formula is C17H31N3O2S. The molecule has 1 aliphatic carbocycles. The van der Waals surface area contributed by atoms with Crippen molar-refractivity contribution < 1.29 is 8.42 Å². The Hall–Kier alpha value is -0.880. The summed E-state index contributed by atoms with van der Waals surface area (Å²) in [4.78, 5) is 0.309. The van der Waals surface area contributed by atoms with Gasteiger partial charge in [-0.2, -0.15) is 5.10 Å². The first-order valence-electron chi connectivity index (χ1n) is 8.37. The molecule has 2 atom stereocenters. The Morgan fingerprint density at radius 1 is 1.30 bits per heavy atom. The van der Waals surface area contributed by atoms with Gasteiger partial charge in [-0.15, -0.1) is 0 Å². The predicted octanol–water partition coefficient (Wildman–Crippen LogP) is 3.21. The lowest BCUT2D eigenvalue weighted by Crippen LogP contribution is -2.43. The highest BCUT2D eigenvalue weighted by Gasteiger charge is 2.36. The maximum Gasteiger partial charge on any atom is 0.244 e. The maximum atomic E-state index is 12.9. The molecule has 0 aliphatic heterocycles. The number of rotatable bonds is 3. The largest absolute Gasteiger partial charge is 0.274 e. The Morgan fingerprint density at radius 2 is 1.91 bits per heavy atom. The summed E-state index contributed by atoms with van der Waals surface area (Å²) in [6, 6.07) is -0.00762. The number of hydrogen-bond acceptors (Lipinski definition) is 3. The molecule has 1 N–H and O–H groups in total. The molecule has 6 heteroatoms. The van der Waals surface area contributed by atoms with Gasteiger partial charge in [0.05, 0.1) is 5.69 Å². The van der Waals surface area contributed by atoms with Crippen LogP contribution in [0.25, 0.3) is 0 Å². The maximum absolute atomic E-state index is 12.9. The Morgan fingerprint density at radius 3 is 2.43 bits per heavy atom. The monoisotopic (exact) mass is 341 g/mol. The fraction of sp³-hybridized carbons (Fsp3) is 0.824. The van der Waals surface area contributed by atoms with E-state index in [2.05, 4.69) is 30.6 Å². The van der Waals surface area contributed by atoms with Crippen LogP contribution < -0.4 is 4.72 Å². The van der Waals surface area contributed by atoms with Crippen LogP contribution in [0.3, 0.4) is 0 Å². The van der Waals surface area contributed by atoms with Crippen molar-refractivity contribution in [3.05, 3.63) is 11.9 Å². The van der Waals surface area contributed by atoms with Crippen LogP contribution in [0.1, 0.15) is 66.5 Å². The van der Waals surface area contributed by atoms with Gasteiger partial charge in [0.25, 0.3) is 0 Å². The highest BCUT2D eigenvalue weighted by molar-refractivity contribution is 7.89. The van der Waals surface area contributed by atoms with E-state index in [1.54, 1.807) is 17.9 Å². The number of aryl methyl sites for hydroxylation is 1. The first kappa shape index (κ1) is 18.5. The minimum absolute atomic E-state index is 0.00762. The van der Waals surface area contributed by atoms with E-state index in [1.165, 1.54) is 0 Å². The second-order valence-electron chi connectivity index (χ2n) is 9.00. The summed E-state index contributed by atoms with van der Waals surface area (Å²) in [6.45, 7) is 12.6. The van der Waals surface area contributed by atoms with E-state index in [0.717, 1.165) is 19.3 Å². The van der Waals surface area contributed by atoms with Crippen molar-refractivity contribution >= 4 is 10.0 Å². The van der Waals surface area contributed by atoms with Gasteiger partial charge < -0.3 is 0 Å². The highest BCUT2D eigenvalue weighted by atomic mass is 32.2. The summed E-state index contributed by atoms with van der Waals surface area (Å²) in [5.74, 6) is 0.530. The van der Waals surface area contributed by atoms with E-state index in [-0.39, 0.29) is 16.9 Å². The third kappa shape index (κ3) is 4.35. The molecule has 5 nitrogen and oxygen atoms in total. The molecule has 0 spiro atoms. The molecule has 1 aromatic heterocycles. The van der Waals surface area contributed by atoms with Crippen LogP contribution in [0, 0.1) is 11.3 Å². The van der Waals surface area contributed by atoms with E-state index in [0.29, 0.717) is 16.5 Å². The third-order valence-corrected chi connectivity index (χ3v) is 6.03. The molecule has 132 valence electrons. The molecule has 0 aromatic carbocycles. The second kappa shape index (κ2) is 5.88. The Bertz CT molecular complexity index is 669. The smallest absolute Gasteiger partial charge is 0.244 e. The van der Waals surface area contributed by atoms with E-state index in [1.807, 2.05) is 20.8 Å². The van der Waals surface area contributed by atoms with Gasteiger partial charge in [0, 0.05) is 24.7 Å². The summed E-state index contributed by atoms with van der Waals surface area (Å²) < 4.78 is 30.4. The molecule has 0 saturated heterocycles. The zero-order valence-corrected chi connectivity index (χ0v) is 16.3. The van der Waals surface area contributed by atoms with E-state index >= 15 is 0 Å². The second-order valence-corrected chi connectivity index (χ2v) is 10.7. The van der Waals surface area contributed by atoms with Crippen LogP contribution >= 0.6 is 0 Å². The number of nitrogens with zero attached hydrogens (tertiary/aromatic N) is 2. The normalized spacial score (nSPS) is 25.5. The van der Waals surface area contributed by atoms with Gasteiger partial charge >= 0.3 is 0 Å². The van der Waals surface area contributed by atoms with Crippen molar-refractivity contribution in [1.29, 1.82) is 0 Å². The van der Waals surface area contributed by atoms with Crippen LogP contribution in [0.15, 0.2) is 11.1 Å². The fourth-order valence-corrected chi connectivity index (χ4v) is 5.54. The van der Waals surface area contributed by atoms with Crippen LogP contribution in [-0.4, -0.2) is 24.2 Å². The summed E-state index contributed by atoms with van der Waals surface area (Å²) in [6.07, 6.45) is 4.53. The number of hydrogen-bond donors (Lipinski definition) is 1. The molecule has 0 bridgehead atoms. The molecular weight excluding hydrogens is 310 g/mol. The number of sulfonamides is 1. The van der Waals surface area contributed by atoms with E-state index in [4.69, 9.17) is 0 Å². The van der Waals surface area contributed by atoms with Gasteiger partial charge in [0.1, 0.15) is 4.90 Å². The summed E-state index contributed by atoms with van der Waals surface area (Å²) in [7, 11) is -1.80. The average Bonchev–Trinajstić information content (AvgIpc) is 2.68. The average molecular weight is 342 g/mol. The van der Waals surface area contributed by atoms with Crippen LogP contribution in [0.5, 0.6) is 0 Å². The molecule has 1 fully saturated rings. The first-order chi connectivity index (χ1) is 10.3. The summed E-state index contributed by atoms with van der Waals surface area (Å²) in [5.41, 5.74) is 0.479. The van der Waals surface area contributed by atoms with Crippen molar-refractivity contribution in [2.75, 3.05) is 0 Å². The van der Waals surface area contributed by atoms with Crippen molar-refractivity contribution in [1.82, 2.24) is 14.5 Å². The van der Waals surface area contributed by atoms with E-state index < -0.39 is 10.0 Å². The quantitative estimate of drug-likeness (QED) is 0.918. The SMILES string of the molecule is CC1CC(NS(=O)(=O)c2cn(C)nc2C(C)(C)C)CC(C)(C)C1. The van der Waals surface area contributed by atoms with Gasteiger partial charge in [-0.3, -0.25) is 4.68 Å². The molecule has 0 amide bonds. The van der Waals surface area contributed by atoms with Crippen molar-refractivity contribution in [3.8, 4) is 0 Å². The lowest BCUT2D eigenvalue weighted by Gasteiger charge is -2.39. The number of aromatic nitrogens is 2. The predicted molar refractivity (Wildman–Crippen MR) is 92.8 cm³/mol. The molecule has 2 rings (SSSR count). The first-order valence-corrected chi connectivity index (χ1v) is 9.85. The minimum Gasteiger partial charge on any atom is -0.274 e. The van der Waals surface area contributed by atoms with Crippen LogP contribution in [-0.2, 0) is 22.5 Å². The van der Waals surface area contributed by atoms with Crippen molar-refractivity contribution in [2.45, 2.75) is 77.2 Å². The molecule has 23 heavy (non-hydrogen) atoms. The summed E-state index contributed by atoms with van der Waals surface area (Å²) >= 11 is 0. The lowest BCUT2D eigenvalue weighted by molar-refractivity contribution is 0.163. The van der Waals surface area contributed by atoms with Gasteiger partial charge in [0.15, 0.2) is 0 Å². The van der Waals surface area contributed by atoms with Crippen molar-refractivity contribution in [2.24, 2.45) is 18.4 Å². The van der Waals surface area contributed by atoms with Crippen LogP contribution in [0.2, 0.25) is 0 Å². The summed E-state index contributed by atoms with van der Waals surface area (Å²) in [5, 5.41) is 4.38. The molecule has 1 aliphatic rings. The Labute approximate surface area is 140 Å². The van der Waals surface area contributed by atoms with Gasteiger partial charge in [-0.05, 0) is 30.6 Å². The minimum atomic E-state index is -3.56. The highest BCUT2D eigenvalue weighted by Crippen LogP contribution is 2.39. The van der Waals surface area contributed by atoms with Gasteiger partial charge in [0.2, 0.25) is 10.0 Å². The topological polar surface area (TPSA) is 64.0 Å². The zero-order chi connectivity index (χ0) is 17.6. The fourth-order valence-electron chi connectivity index (χ4n) is 3.90. The molecule has 0 radical (unpaired) electrons. The number of nitrogens with one attached hydrogen (secondary N) is 1. The standard InChI is InChI=1S/C17H31N3O2S/c1-12-8-13(10-17(5,6)9-12)19-23(21,22)14-11-20(7)18-15(14)16(2,3)4/h11-13,19H,8-10H2,1-7H3. The van der Waals surface area contributed by atoms with Crippen molar-refractivity contribution in [3.63, 3.8) is 0 Å². The van der Waals surface area contributed by atoms with E-state index in [9.17, 15) is 8.42 Å². The van der Waals surface area contributed by atoms with Crippen LogP contribution in [0.4, 0.5) is 0 Å².